The van der Waals surface area contributed by atoms with Crippen molar-refractivity contribution in [2.45, 2.75) is 19.8 Å². The molecular weight excluding hydrogens is 396 g/mol. The van der Waals surface area contributed by atoms with E-state index in [1.807, 2.05) is 12.1 Å². The first-order chi connectivity index (χ1) is 14.0. The van der Waals surface area contributed by atoms with Crippen molar-refractivity contribution in [2.24, 2.45) is 0 Å². The summed E-state index contributed by atoms with van der Waals surface area (Å²) in [6, 6.07) is 13.5. The van der Waals surface area contributed by atoms with Gasteiger partial charge in [-0.1, -0.05) is 29.8 Å². The quantitative estimate of drug-likeness (QED) is 0.351. The molecule has 2 aromatic rings. The highest BCUT2D eigenvalue weighted by Gasteiger charge is 2.08. The van der Waals surface area contributed by atoms with Crippen LogP contribution >= 0.6 is 11.6 Å². The third-order valence-corrected chi connectivity index (χ3v) is 4.05. The van der Waals surface area contributed by atoms with Crippen LogP contribution in [0.2, 0.25) is 5.02 Å². The molecule has 29 heavy (non-hydrogen) atoms. The molecule has 0 saturated carbocycles. The average Bonchev–Trinajstić information content (AvgIpc) is 2.69. The number of para-hydroxylation sites is 1. The van der Waals surface area contributed by atoms with Crippen LogP contribution in [-0.4, -0.2) is 37.5 Å². The van der Waals surface area contributed by atoms with Gasteiger partial charge >= 0.3 is 5.97 Å². The SMILES string of the molecule is CC(=O)Oc1cccc(C(=O)NCCNC(=O)CCCOc2ccccc2Cl)c1. The van der Waals surface area contributed by atoms with Crippen LogP contribution in [0.15, 0.2) is 48.5 Å². The largest absolute Gasteiger partial charge is 0.492 e. The van der Waals surface area contributed by atoms with Gasteiger partial charge in [-0.15, -0.1) is 0 Å². The van der Waals surface area contributed by atoms with Gasteiger partial charge in [0.25, 0.3) is 5.91 Å². The third kappa shape index (κ3) is 8.23. The number of rotatable bonds is 10. The Morgan fingerprint density at radius 3 is 2.52 bits per heavy atom. The molecule has 7 nitrogen and oxygen atoms in total. The summed E-state index contributed by atoms with van der Waals surface area (Å²) in [4.78, 5) is 34.9. The van der Waals surface area contributed by atoms with E-state index in [0.29, 0.717) is 48.1 Å². The summed E-state index contributed by atoms with van der Waals surface area (Å²) >= 11 is 5.99. The van der Waals surface area contributed by atoms with E-state index < -0.39 is 5.97 Å². The standard InChI is InChI=1S/C21H23ClN2O5/c1-15(25)29-17-7-4-6-16(14-17)21(27)24-12-11-23-20(26)10-5-13-28-19-9-3-2-8-18(19)22/h2-4,6-9,14H,5,10-13H2,1H3,(H,23,26)(H,24,27). The lowest BCUT2D eigenvalue weighted by Gasteiger charge is -2.09. The molecule has 0 aliphatic rings. The van der Waals surface area contributed by atoms with Crippen molar-refractivity contribution in [2.75, 3.05) is 19.7 Å². The van der Waals surface area contributed by atoms with E-state index in [2.05, 4.69) is 10.6 Å². The van der Waals surface area contributed by atoms with Crippen molar-refractivity contribution in [1.82, 2.24) is 10.6 Å². The number of benzene rings is 2. The minimum atomic E-state index is -0.456. The highest BCUT2D eigenvalue weighted by Crippen LogP contribution is 2.23. The van der Waals surface area contributed by atoms with Crippen molar-refractivity contribution in [3.8, 4) is 11.5 Å². The summed E-state index contributed by atoms with van der Waals surface area (Å²) in [5.41, 5.74) is 0.367. The summed E-state index contributed by atoms with van der Waals surface area (Å²) in [5.74, 6) is -0.00434. The maximum Gasteiger partial charge on any atom is 0.308 e. The van der Waals surface area contributed by atoms with E-state index in [-0.39, 0.29) is 18.4 Å². The number of hydrogen-bond donors (Lipinski definition) is 2. The fourth-order valence-electron chi connectivity index (χ4n) is 2.41. The van der Waals surface area contributed by atoms with E-state index in [1.54, 1.807) is 30.3 Å². The van der Waals surface area contributed by atoms with Crippen molar-refractivity contribution in [1.29, 1.82) is 0 Å². The Kier molecular flexibility index (Phi) is 8.98. The topological polar surface area (TPSA) is 93.7 Å². The fourth-order valence-corrected chi connectivity index (χ4v) is 2.60. The molecule has 0 radical (unpaired) electrons. The number of nitrogens with one attached hydrogen (secondary N) is 2. The minimum Gasteiger partial charge on any atom is -0.492 e. The monoisotopic (exact) mass is 418 g/mol. The van der Waals surface area contributed by atoms with E-state index >= 15 is 0 Å². The average molecular weight is 419 g/mol. The summed E-state index contributed by atoms with van der Waals surface area (Å²) in [6.45, 7) is 2.25. The first kappa shape index (κ1) is 22.2. The van der Waals surface area contributed by atoms with Gasteiger partial charge in [0.15, 0.2) is 0 Å². The zero-order chi connectivity index (χ0) is 21.1. The van der Waals surface area contributed by atoms with Gasteiger partial charge < -0.3 is 20.1 Å². The van der Waals surface area contributed by atoms with Crippen LogP contribution < -0.4 is 20.1 Å². The normalized spacial score (nSPS) is 10.1. The van der Waals surface area contributed by atoms with Crippen LogP contribution in [0, 0.1) is 0 Å². The number of carbonyl (C=O) groups is 3. The molecule has 0 unspecified atom stereocenters. The smallest absolute Gasteiger partial charge is 0.308 e. The third-order valence-electron chi connectivity index (χ3n) is 3.73. The lowest BCUT2D eigenvalue weighted by atomic mass is 10.2. The van der Waals surface area contributed by atoms with Crippen molar-refractivity contribution < 1.29 is 23.9 Å². The molecule has 154 valence electrons. The molecule has 8 heteroatoms. The van der Waals surface area contributed by atoms with Gasteiger partial charge in [-0.2, -0.15) is 0 Å². The molecule has 0 heterocycles. The van der Waals surface area contributed by atoms with Crippen LogP contribution in [0.1, 0.15) is 30.1 Å². The second-order valence-corrected chi connectivity index (χ2v) is 6.52. The van der Waals surface area contributed by atoms with Crippen molar-refractivity contribution >= 4 is 29.4 Å². The van der Waals surface area contributed by atoms with Gasteiger partial charge in [0, 0.05) is 32.0 Å². The Morgan fingerprint density at radius 1 is 1.00 bits per heavy atom. The lowest BCUT2D eigenvalue weighted by molar-refractivity contribution is -0.131. The molecule has 0 bridgehead atoms. The van der Waals surface area contributed by atoms with Gasteiger partial charge in [0.1, 0.15) is 11.5 Å². The molecule has 2 N–H and O–H groups in total. The predicted octanol–water partition coefficient (Wildman–Crippen LogP) is 2.97. The lowest BCUT2D eigenvalue weighted by Crippen LogP contribution is -2.34. The second kappa shape index (κ2) is 11.7. The molecular formula is C21H23ClN2O5. The number of halogens is 1. The zero-order valence-corrected chi connectivity index (χ0v) is 16.8. The minimum absolute atomic E-state index is 0.126. The van der Waals surface area contributed by atoms with Gasteiger partial charge in [-0.3, -0.25) is 14.4 Å². The van der Waals surface area contributed by atoms with Crippen LogP contribution in [0.4, 0.5) is 0 Å². The van der Waals surface area contributed by atoms with Gasteiger partial charge in [0.05, 0.1) is 11.6 Å². The van der Waals surface area contributed by atoms with Crippen LogP contribution in [-0.2, 0) is 9.59 Å². The molecule has 0 aliphatic carbocycles. The Bertz CT molecular complexity index is 856. The summed E-state index contributed by atoms with van der Waals surface area (Å²) < 4.78 is 10.5. The Morgan fingerprint density at radius 2 is 1.76 bits per heavy atom. The first-order valence-corrected chi connectivity index (χ1v) is 9.54. The zero-order valence-electron chi connectivity index (χ0n) is 16.1. The van der Waals surface area contributed by atoms with Crippen LogP contribution in [0.25, 0.3) is 0 Å². The molecule has 2 amide bonds. The second-order valence-electron chi connectivity index (χ2n) is 6.11. The van der Waals surface area contributed by atoms with Gasteiger partial charge in [-0.25, -0.2) is 0 Å². The predicted molar refractivity (Wildman–Crippen MR) is 109 cm³/mol. The molecule has 2 aromatic carbocycles. The molecule has 0 aliphatic heterocycles. The van der Waals surface area contributed by atoms with Crippen molar-refractivity contribution in [3.05, 3.63) is 59.1 Å². The maximum atomic E-state index is 12.1. The number of carbonyl (C=O) groups excluding carboxylic acids is 3. The van der Waals surface area contributed by atoms with E-state index in [9.17, 15) is 14.4 Å². The molecule has 0 fully saturated rings. The number of amides is 2. The molecule has 2 rings (SSSR count). The fraction of sp³-hybridized carbons (Fsp3) is 0.286. The van der Waals surface area contributed by atoms with E-state index in [4.69, 9.17) is 21.1 Å². The number of esters is 1. The summed E-state index contributed by atoms with van der Waals surface area (Å²) in [5, 5.41) is 5.96. The highest BCUT2D eigenvalue weighted by atomic mass is 35.5. The molecule has 0 atom stereocenters. The van der Waals surface area contributed by atoms with E-state index in [0.717, 1.165) is 0 Å². The van der Waals surface area contributed by atoms with Crippen LogP contribution in [0.3, 0.4) is 0 Å². The molecule has 0 spiro atoms. The molecule has 0 saturated heterocycles. The number of ether oxygens (including phenoxy) is 2. The van der Waals surface area contributed by atoms with Gasteiger partial charge in [-0.05, 0) is 36.8 Å². The molecule has 0 aromatic heterocycles. The summed E-state index contributed by atoms with van der Waals surface area (Å²) in [7, 11) is 0. The van der Waals surface area contributed by atoms with Gasteiger partial charge in [0.2, 0.25) is 5.91 Å². The van der Waals surface area contributed by atoms with Crippen molar-refractivity contribution in [3.63, 3.8) is 0 Å². The first-order valence-electron chi connectivity index (χ1n) is 9.16. The Hall–Kier alpha value is -3.06. The van der Waals surface area contributed by atoms with Crippen LogP contribution in [0.5, 0.6) is 11.5 Å². The summed E-state index contributed by atoms with van der Waals surface area (Å²) in [6.07, 6.45) is 0.856. The highest BCUT2D eigenvalue weighted by molar-refractivity contribution is 6.32. The Balaban J connectivity index is 1.61. The number of hydrogen-bond acceptors (Lipinski definition) is 5. The van der Waals surface area contributed by atoms with E-state index in [1.165, 1.54) is 13.0 Å². The Labute approximate surface area is 174 Å². The maximum absolute atomic E-state index is 12.1.